The Bertz CT molecular complexity index is 1330. The van der Waals surface area contributed by atoms with E-state index in [9.17, 15) is 24.6 Å². The van der Waals surface area contributed by atoms with Gasteiger partial charge in [-0.05, 0) is 37.3 Å². The molecular formula is C23H21BrFN3O5. The quantitative estimate of drug-likeness (QED) is 0.550. The van der Waals surface area contributed by atoms with Gasteiger partial charge >= 0.3 is 5.97 Å². The molecule has 4 rings (SSSR count). The number of phenolic OH excluding ortho intramolecular Hbond substituents is 1. The van der Waals surface area contributed by atoms with Gasteiger partial charge in [0.05, 0.1) is 16.8 Å². The lowest BCUT2D eigenvalue weighted by Gasteiger charge is -2.36. The van der Waals surface area contributed by atoms with Crippen molar-refractivity contribution in [3.05, 3.63) is 68.2 Å². The van der Waals surface area contributed by atoms with Crippen LogP contribution in [0.4, 0.5) is 10.1 Å². The molecule has 2 aromatic carbocycles. The average Bonchev–Trinajstić information content (AvgIpc) is 2.80. The number of amides is 1. The van der Waals surface area contributed by atoms with Crippen LogP contribution in [-0.2, 0) is 6.54 Å². The maximum Gasteiger partial charge on any atom is 0.341 e. The van der Waals surface area contributed by atoms with E-state index in [1.165, 1.54) is 12.3 Å². The molecule has 0 radical (unpaired) electrons. The zero-order chi connectivity index (χ0) is 23.9. The minimum Gasteiger partial charge on any atom is -0.507 e. The van der Waals surface area contributed by atoms with E-state index in [1.54, 1.807) is 39.5 Å². The first-order valence-corrected chi connectivity index (χ1v) is 11.1. The van der Waals surface area contributed by atoms with Crippen molar-refractivity contribution in [3.63, 3.8) is 0 Å². The number of carbonyl (C=O) groups excluding carboxylic acids is 1. The Balaban J connectivity index is 1.62. The molecule has 1 aromatic heterocycles. The molecule has 1 amide bonds. The van der Waals surface area contributed by atoms with Crippen LogP contribution in [0.3, 0.4) is 0 Å². The van der Waals surface area contributed by atoms with Gasteiger partial charge in [0.1, 0.15) is 17.1 Å². The molecule has 8 nitrogen and oxygen atoms in total. The van der Waals surface area contributed by atoms with Crippen molar-refractivity contribution in [2.75, 3.05) is 31.1 Å². The molecule has 2 heterocycles. The van der Waals surface area contributed by atoms with E-state index in [2.05, 4.69) is 15.9 Å². The number of aromatic nitrogens is 1. The van der Waals surface area contributed by atoms with Crippen LogP contribution in [-0.4, -0.2) is 57.7 Å². The summed E-state index contributed by atoms with van der Waals surface area (Å²) in [4.78, 5) is 40.1. The highest BCUT2D eigenvalue weighted by atomic mass is 79.9. The van der Waals surface area contributed by atoms with Gasteiger partial charge in [0.25, 0.3) is 5.91 Å². The first-order valence-electron chi connectivity index (χ1n) is 10.3. The van der Waals surface area contributed by atoms with Gasteiger partial charge in [-0.25, -0.2) is 9.18 Å². The molecule has 1 aliphatic rings. The summed E-state index contributed by atoms with van der Waals surface area (Å²) in [6, 6.07) is 7.28. The molecule has 1 aliphatic heterocycles. The summed E-state index contributed by atoms with van der Waals surface area (Å²) < 4.78 is 17.3. The van der Waals surface area contributed by atoms with Crippen molar-refractivity contribution in [1.29, 1.82) is 0 Å². The van der Waals surface area contributed by atoms with E-state index in [0.717, 1.165) is 6.07 Å². The van der Waals surface area contributed by atoms with Crippen molar-refractivity contribution < 1.29 is 24.2 Å². The Kier molecular flexibility index (Phi) is 6.11. The molecule has 10 heteroatoms. The van der Waals surface area contributed by atoms with Gasteiger partial charge in [0, 0.05) is 48.8 Å². The third-order valence-electron chi connectivity index (χ3n) is 5.82. The number of nitrogens with zero attached hydrogens (tertiary/aromatic N) is 3. The number of fused-ring (bicyclic) bond motifs is 1. The fourth-order valence-corrected chi connectivity index (χ4v) is 4.42. The van der Waals surface area contributed by atoms with Crippen LogP contribution in [0.25, 0.3) is 10.9 Å². The van der Waals surface area contributed by atoms with Crippen molar-refractivity contribution in [2.45, 2.75) is 13.5 Å². The largest absolute Gasteiger partial charge is 0.507 e. The molecule has 0 atom stereocenters. The lowest BCUT2D eigenvalue weighted by atomic mass is 10.1. The summed E-state index contributed by atoms with van der Waals surface area (Å²) in [6.45, 7) is 3.56. The fourth-order valence-electron chi connectivity index (χ4n) is 4.06. The Morgan fingerprint density at radius 2 is 1.79 bits per heavy atom. The normalized spacial score (nSPS) is 14.0. The van der Waals surface area contributed by atoms with Crippen molar-refractivity contribution in [3.8, 4) is 5.75 Å². The first kappa shape index (κ1) is 22.8. The van der Waals surface area contributed by atoms with E-state index in [4.69, 9.17) is 0 Å². The zero-order valence-corrected chi connectivity index (χ0v) is 19.3. The number of carboxylic acids is 1. The predicted octanol–water partition coefficient (Wildman–Crippen LogP) is 3.29. The lowest BCUT2D eigenvalue weighted by Crippen LogP contribution is -2.49. The third kappa shape index (κ3) is 4.18. The molecule has 172 valence electrons. The number of benzene rings is 2. The number of phenols is 1. The van der Waals surface area contributed by atoms with E-state index in [-0.39, 0.29) is 28.3 Å². The molecule has 0 bridgehead atoms. The van der Waals surface area contributed by atoms with E-state index < -0.39 is 22.8 Å². The lowest BCUT2D eigenvalue weighted by molar-refractivity contribution is 0.0693. The number of aromatic carboxylic acids is 1. The number of carbonyl (C=O) groups is 2. The van der Waals surface area contributed by atoms with Gasteiger partial charge < -0.3 is 24.6 Å². The molecule has 1 saturated heterocycles. The van der Waals surface area contributed by atoms with Crippen LogP contribution in [0.5, 0.6) is 5.75 Å². The van der Waals surface area contributed by atoms with Gasteiger partial charge in [-0.3, -0.25) is 9.59 Å². The Hall–Kier alpha value is -3.40. The second-order valence-electron chi connectivity index (χ2n) is 7.72. The van der Waals surface area contributed by atoms with Gasteiger partial charge in [-0.2, -0.15) is 0 Å². The van der Waals surface area contributed by atoms with E-state index >= 15 is 4.39 Å². The molecule has 3 aromatic rings. The number of rotatable bonds is 4. The fraction of sp³-hybridized carbons (Fsp3) is 0.261. The number of aromatic hydroxyl groups is 1. The highest BCUT2D eigenvalue weighted by Gasteiger charge is 2.26. The number of piperazine rings is 1. The molecule has 2 N–H and O–H groups in total. The Morgan fingerprint density at radius 3 is 2.42 bits per heavy atom. The van der Waals surface area contributed by atoms with E-state index in [1.807, 2.05) is 0 Å². The second-order valence-corrected chi connectivity index (χ2v) is 8.64. The summed E-state index contributed by atoms with van der Waals surface area (Å²) in [5, 5.41) is 19.3. The van der Waals surface area contributed by atoms with Crippen LogP contribution >= 0.6 is 15.9 Å². The zero-order valence-electron chi connectivity index (χ0n) is 17.7. The number of pyridine rings is 1. The molecule has 33 heavy (non-hydrogen) atoms. The highest BCUT2D eigenvalue weighted by molar-refractivity contribution is 9.10. The molecule has 0 saturated carbocycles. The SMILES string of the molecule is CCn1cc(C(=O)O)c(=O)c2cc(F)c(N3CCN(C(=O)c4cc(Br)ccc4O)CC3)cc21. The first-order chi connectivity index (χ1) is 15.7. The van der Waals surface area contributed by atoms with E-state index in [0.29, 0.717) is 42.7 Å². The summed E-state index contributed by atoms with van der Waals surface area (Å²) in [7, 11) is 0. The molecular weight excluding hydrogens is 497 g/mol. The average molecular weight is 518 g/mol. The van der Waals surface area contributed by atoms with Crippen LogP contribution in [0, 0.1) is 5.82 Å². The van der Waals surface area contributed by atoms with Gasteiger partial charge in [0.2, 0.25) is 5.43 Å². The molecule has 0 aliphatic carbocycles. The molecule has 0 unspecified atom stereocenters. The van der Waals surface area contributed by atoms with Crippen LogP contribution < -0.4 is 10.3 Å². The molecule has 0 spiro atoms. The standard InChI is InChI=1S/C23H21BrFN3O5/c1-2-26-12-16(23(32)33)21(30)14-10-17(25)19(11-18(14)26)27-5-7-28(8-6-27)22(31)15-9-13(24)3-4-20(15)29/h3-4,9-12,29H,2,5-8H2,1H3,(H,32,33). The monoisotopic (exact) mass is 517 g/mol. The summed E-state index contributed by atoms with van der Waals surface area (Å²) in [5.74, 6) is -2.40. The number of hydrogen-bond acceptors (Lipinski definition) is 5. The van der Waals surface area contributed by atoms with Crippen LogP contribution in [0.2, 0.25) is 0 Å². The summed E-state index contributed by atoms with van der Waals surface area (Å²) in [6.07, 6.45) is 1.27. The number of carboxylic acid groups (broad SMARTS) is 1. The van der Waals surface area contributed by atoms with Crippen molar-refractivity contribution in [1.82, 2.24) is 9.47 Å². The van der Waals surface area contributed by atoms with Crippen molar-refractivity contribution >= 4 is 44.4 Å². The Morgan fingerprint density at radius 1 is 1.09 bits per heavy atom. The van der Waals surface area contributed by atoms with Crippen LogP contribution in [0.15, 0.2) is 45.8 Å². The highest BCUT2D eigenvalue weighted by Crippen LogP contribution is 2.28. The number of anilines is 1. The second kappa shape index (κ2) is 8.86. The molecule has 1 fully saturated rings. The summed E-state index contributed by atoms with van der Waals surface area (Å²) in [5.41, 5.74) is -0.210. The topological polar surface area (TPSA) is 103 Å². The van der Waals surface area contributed by atoms with Crippen LogP contribution in [0.1, 0.15) is 27.6 Å². The summed E-state index contributed by atoms with van der Waals surface area (Å²) >= 11 is 3.30. The van der Waals surface area contributed by atoms with Gasteiger partial charge in [0.15, 0.2) is 0 Å². The number of halogens is 2. The maximum absolute atomic E-state index is 15.0. The number of hydrogen-bond donors (Lipinski definition) is 2. The van der Waals surface area contributed by atoms with Gasteiger partial charge in [-0.15, -0.1) is 0 Å². The predicted molar refractivity (Wildman–Crippen MR) is 125 cm³/mol. The number of aryl methyl sites for hydroxylation is 1. The minimum atomic E-state index is -1.36. The third-order valence-corrected chi connectivity index (χ3v) is 6.31. The Labute approximate surface area is 196 Å². The van der Waals surface area contributed by atoms with Gasteiger partial charge in [-0.1, -0.05) is 15.9 Å². The smallest absolute Gasteiger partial charge is 0.341 e. The van der Waals surface area contributed by atoms with Crippen molar-refractivity contribution in [2.24, 2.45) is 0 Å². The maximum atomic E-state index is 15.0. The minimum absolute atomic E-state index is 0.0111.